The Bertz CT molecular complexity index is 178. The van der Waals surface area contributed by atoms with Gasteiger partial charge in [0.2, 0.25) is 0 Å². The van der Waals surface area contributed by atoms with Crippen molar-refractivity contribution in [3.63, 3.8) is 0 Å². The number of nitrogens with zero attached hydrogens (tertiary/aromatic N) is 1. The van der Waals surface area contributed by atoms with Crippen LogP contribution in [0.25, 0.3) is 0 Å². The average molecular weight is 229 g/mol. The summed E-state index contributed by atoms with van der Waals surface area (Å²) in [6.45, 7) is 5.15. The third-order valence-electron chi connectivity index (χ3n) is 3.31. The van der Waals surface area contributed by atoms with Gasteiger partial charge < -0.3 is 20.7 Å². The number of rotatable bonds is 8. The van der Waals surface area contributed by atoms with Gasteiger partial charge in [-0.15, -0.1) is 0 Å². The molecule has 16 heavy (non-hydrogen) atoms. The van der Waals surface area contributed by atoms with Crippen molar-refractivity contribution >= 4 is 0 Å². The molecule has 4 nitrogen and oxygen atoms in total. The zero-order valence-electron chi connectivity index (χ0n) is 10.7. The molecule has 4 heteroatoms. The lowest BCUT2D eigenvalue weighted by atomic mass is 10.1. The van der Waals surface area contributed by atoms with Crippen molar-refractivity contribution in [2.75, 3.05) is 46.9 Å². The van der Waals surface area contributed by atoms with Gasteiger partial charge in [0.25, 0.3) is 0 Å². The fraction of sp³-hybridized carbons (Fsp3) is 1.00. The van der Waals surface area contributed by atoms with Gasteiger partial charge in [0.05, 0.1) is 6.61 Å². The smallest absolute Gasteiger partial charge is 0.0615 e. The molecular weight excluding hydrogens is 202 g/mol. The number of nitrogens with two attached hydrogens (primary N) is 1. The zero-order valence-corrected chi connectivity index (χ0v) is 10.7. The Balaban J connectivity index is 2.15. The van der Waals surface area contributed by atoms with Crippen molar-refractivity contribution < 1.29 is 4.74 Å². The summed E-state index contributed by atoms with van der Waals surface area (Å²) >= 11 is 0. The van der Waals surface area contributed by atoms with Gasteiger partial charge in [-0.3, -0.25) is 0 Å². The summed E-state index contributed by atoms with van der Waals surface area (Å²) in [5, 5.41) is 3.61. The van der Waals surface area contributed by atoms with E-state index in [-0.39, 0.29) is 0 Å². The fourth-order valence-electron chi connectivity index (χ4n) is 2.34. The Kier molecular flexibility index (Phi) is 6.96. The molecular formula is C12H27N3O. The second kappa shape index (κ2) is 8.01. The van der Waals surface area contributed by atoms with Gasteiger partial charge in [0.15, 0.2) is 0 Å². The van der Waals surface area contributed by atoms with E-state index in [2.05, 4.69) is 17.3 Å². The SMILES string of the molecule is COCC(CCCN)NCC1CCN(C)C1. The first kappa shape index (κ1) is 13.9. The lowest BCUT2D eigenvalue weighted by Gasteiger charge is -2.20. The highest BCUT2D eigenvalue weighted by molar-refractivity contribution is 4.77. The molecule has 0 amide bonds. The molecule has 1 saturated heterocycles. The average Bonchev–Trinajstić information content (AvgIpc) is 2.68. The van der Waals surface area contributed by atoms with Crippen LogP contribution in [0.5, 0.6) is 0 Å². The standard InChI is InChI=1S/C12H27N3O/c1-15-7-5-11(9-15)8-14-12(10-16-2)4-3-6-13/h11-12,14H,3-10,13H2,1-2H3. The van der Waals surface area contributed by atoms with E-state index in [0.29, 0.717) is 6.04 Å². The molecule has 0 saturated carbocycles. The quantitative estimate of drug-likeness (QED) is 0.628. The van der Waals surface area contributed by atoms with Gasteiger partial charge >= 0.3 is 0 Å². The Morgan fingerprint density at radius 3 is 2.94 bits per heavy atom. The molecule has 0 radical (unpaired) electrons. The first-order valence-electron chi connectivity index (χ1n) is 6.37. The second-order valence-corrected chi connectivity index (χ2v) is 4.91. The summed E-state index contributed by atoms with van der Waals surface area (Å²) in [7, 11) is 3.96. The van der Waals surface area contributed by atoms with Crippen molar-refractivity contribution in [1.29, 1.82) is 0 Å². The topological polar surface area (TPSA) is 50.5 Å². The van der Waals surface area contributed by atoms with Crippen molar-refractivity contribution in [2.24, 2.45) is 11.7 Å². The second-order valence-electron chi connectivity index (χ2n) is 4.91. The summed E-state index contributed by atoms with van der Waals surface area (Å²) < 4.78 is 5.22. The van der Waals surface area contributed by atoms with E-state index in [1.54, 1.807) is 7.11 Å². The molecule has 2 atom stereocenters. The maximum Gasteiger partial charge on any atom is 0.0615 e. The molecule has 0 bridgehead atoms. The maximum absolute atomic E-state index is 5.53. The minimum Gasteiger partial charge on any atom is -0.383 e. The molecule has 1 aliphatic rings. The third-order valence-corrected chi connectivity index (χ3v) is 3.31. The molecule has 96 valence electrons. The van der Waals surface area contributed by atoms with Crippen LogP contribution >= 0.6 is 0 Å². The number of methoxy groups -OCH3 is 1. The maximum atomic E-state index is 5.53. The molecule has 1 rings (SSSR count). The first-order chi connectivity index (χ1) is 7.76. The summed E-state index contributed by atoms with van der Waals surface area (Å²) in [6.07, 6.45) is 3.51. The molecule has 0 aliphatic carbocycles. The first-order valence-corrected chi connectivity index (χ1v) is 6.37. The molecule has 2 unspecified atom stereocenters. The van der Waals surface area contributed by atoms with E-state index in [4.69, 9.17) is 10.5 Å². The molecule has 3 N–H and O–H groups in total. The van der Waals surface area contributed by atoms with Crippen LogP contribution in [0.15, 0.2) is 0 Å². The van der Waals surface area contributed by atoms with Crippen LogP contribution in [0.1, 0.15) is 19.3 Å². The zero-order chi connectivity index (χ0) is 11.8. The summed E-state index contributed by atoms with van der Waals surface area (Å²) in [6, 6.07) is 0.472. The van der Waals surface area contributed by atoms with Crippen LogP contribution in [0.3, 0.4) is 0 Å². The number of nitrogens with one attached hydrogen (secondary N) is 1. The lowest BCUT2D eigenvalue weighted by Crippen LogP contribution is -2.37. The van der Waals surface area contributed by atoms with Crippen LogP contribution in [-0.4, -0.2) is 57.9 Å². The van der Waals surface area contributed by atoms with Gasteiger partial charge in [-0.05, 0) is 51.9 Å². The normalized spacial score (nSPS) is 23.8. The Morgan fingerprint density at radius 2 is 2.38 bits per heavy atom. The number of hydrogen-bond donors (Lipinski definition) is 2. The minimum absolute atomic E-state index is 0.472. The van der Waals surface area contributed by atoms with Crippen molar-refractivity contribution in [1.82, 2.24) is 10.2 Å². The van der Waals surface area contributed by atoms with E-state index in [9.17, 15) is 0 Å². The number of hydrogen-bond acceptors (Lipinski definition) is 4. The van der Waals surface area contributed by atoms with E-state index < -0.39 is 0 Å². The Morgan fingerprint density at radius 1 is 1.56 bits per heavy atom. The molecule has 0 spiro atoms. The van der Waals surface area contributed by atoms with E-state index >= 15 is 0 Å². The molecule has 1 heterocycles. The van der Waals surface area contributed by atoms with Crippen LogP contribution in [0, 0.1) is 5.92 Å². The molecule has 0 aromatic heterocycles. The van der Waals surface area contributed by atoms with E-state index in [1.807, 2.05) is 0 Å². The van der Waals surface area contributed by atoms with Gasteiger partial charge in [-0.2, -0.15) is 0 Å². The third kappa shape index (κ3) is 5.25. The Labute approximate surface area is 99.5 Å². The van der Waals surface area contributed by atoms with Gasteiger partial charge in [-0.25, -0.2) is 0 Å². The molecule has 0 aromatic rings. The van der Waals surface area contributed by atoms with Gasteiger partial charge in [0.1, 0.15) is 0 Å². The summed E-state index contributed by atoms with van der Waals surface area (Å²) in [5.41, 5.74) is 5.53. The largest absolute Gasteiger partial charge is 0.383 e. The molecule has 0 aromatic carbocycles. The number of likely N-dealkylation sites (tertiary alicyclic amines) is 1. The summed E-state index contributed by atoms with van der Waals surface area (Å²) in [5.74, 6) is 0.808. The fourth-order valence-corrected chi connectivity index (χ4v) is 2.34. The highest BCUT2D eigenvalue weighted by atomic mass is 16.5. The lowest BCUT2D eigenvalue weighted by molar-refractivity contribution is 0.159. The van der Waals surface area contributed by atoms with Crippen molar-refractivity contribution in [3.8, 4) is 0 Å². The van der Waals surface area contributed by atoms with Crippen LogP contribution < -0.4 is 11.1 Å². The van der Waals surface area contributed by atoms with E-state index in [0.717, 1.165) is 38.5 Å². The van der Waals surface area contributed by atoms with Gasteiger partial charge in [0, 0.05) is 19.7 Å². The highest BCUT2D eigenvalue weighted by Crippen LogP contribution is 2.13. The molecule has 1 aliphatic heterocycles. The van der Waals surface area contributed by atoms with E-state index in [1.165, 1.54) is 19.5 Å². The Hall–Kier alpha value is -0.160. The predicted octanol–water partition coefficient (Wildman–Crippen LogP) is 0.282. The predicted molar refractivity (Wildman–Crippen MR) is 67.6 cm³/mol. The highest BCUT2D eigenvalue weighted by Gasteiger charge is 2.20. The minimum atomic E-state index is 0.472. The van der Waals surface area contributed by atoms with Crippen LogP contribution in [0.4, 0.5) is 0 Å². The number of ether oxygens (including phenoxy) is 1. The van der Waals surface area contributed by atoms with Crippen molar-refractivity contribution in [2.45, 2.75) is 25.3 Å². The van der Waals surface area contributed by atoms with Crippen LogP contribution in [-0.2, 0) is 4.74 Å². The van der Waals surface area contributed by atoms with Gasteiger partial charge in [-0.1, -0.05) is 0 Å². The summed E-state index contributed by atoms with van der Waals surface area (Å²) in [4.78, 5) is 2.40. The molecule has 1 fully saturated rings. The van der Waals surface area contributed by atoms with Crippen molar-refractivity contribution in [3.05, 3.63) is 0 Å². The monoisotopic (exact) mass is 229 g/mol. The van der Waals surface area contributed by atoms with Crippen LogP contribution in [0.2, 0.25) is 0 Å².